The number of hydrogen-bond donors (Lipinski definition) is 0. The van der Waals surface area contributed by atoms with Crippen LogP contribution in [-0.4, -0.2) is 15.0 Å². The summed E-state index contributed by atoms with van der Waals surface area (Å²) in [4.78, 5) is 13.6. The van der Waals surface area contributed by atoms with Gasteiger partial charge in [0.05, 0.1) is 0 Å². The molecule has 6 aromatic carbocycles. The maximum atomic E-state index is 4.75. The van der Waals surface area contributed by atoms with Crippen LogP contribution < -0.4 is 0 Å². The van der Waals surface area contributed by atoms with Gasteiger partial charge >= 0.3 is 0 Å². The highest BCUT2D eigenvalue weighted by atomic mass is 15.0. The van der Waals surface area contributed by atoms with Gasteiger partial charge in [-0.3, -0.25) is 0 Å². The highest BCUT2D eigenvalue weighted by molar-refractivity contribution is 6.25. The number of aromatic nitrogens is 3. The van der Waals surface area contributed by atoms with Crippen molar-refractivity contribution in [3.8, 4) is 33.9 Å². The molecule has 0 fully saturated rings. The molecule has 0 amide bonds. The second kappa shape index (κ2) is 8.40. The van der Waals surface area contributed by atoms with Crippen LogP contribution >= 0.6 is 0 Å². The lowest BCUT2D eigenvalue weighted by atomic mass is 9.92. The largest absolute Gasteiger partial charge is 0.217 e. The molecule has 0 atom stereocenters. The molecular weight excluding hydrogens is 438 g/mol. The smallest absolute Gasteiger partial charge is 0.163 e. The summed E-state index contributed by atoms with van der Waals surface area (Å²) < 4.78 is 0. The molecule has 0 saturated carbocycles. The number of nitrogens with zero attached hydrogens (tertiary/aromatic N) is 3. The van der Waals surface area contributed by atoms with Gasteiger partial charge < -0.3 is 0 Å². The molecule has 0 aliphatic heterocycles. The van der Waals surface area contributed by atoms with Gasteiger partial charge in [0.2, 0.25) is 0 Å². The van der Waals surface area contributed by atoms with E-state index in [9.17, 15) is 0 Å². The van der Waals surface area contributed by atoms with Gasteiger partial charge in [-0.2, -0.15) is 0 Å². The maximum absolute atomic E-state index is 4.75. The van der Waals surface area contributed by atoms with E-state index in [1.807, 2.05) is 30.3 Å². The minimum absolute atomic E-state index is 0.669. The number of fused-ring (bicyclic) bond motifs is 6. The van der Waals surface area contributed by atoms with E-state index in [0.29, 0.717) is 11.6 Å². The van der Waals surface area contributed by atoms with E-state index in [0.717, 1.165) is 16.7 Å². The fourth-order valence-electron chi connectivity index (χ4n) is 5.09. The van der Waals surface area contributed by atoms with Crippen molar-refractivity contribution in [1.82, 2.24) is 15.0 Å². The van der Waals surface area contributed by atoms with Crippen LogP contribution in [0.2, 0.25) is 0 Å². The second-order valence-electron chi connectivity index (χ2n) is 8.93. The Labute approximate surface area is 208 Å². The summed E-state index contributed by atoms with van der Waals surface area (Å²) in [5, 5.41) is 7.66. The zero-order valence-electron chi connectivity index (χ0n) is 19.5. The summed E-state index contributed by atoms with van der Waals surface area (Å²) >= 11 is 0. The van der Waals surface area contributed by atoms with Gasteiger partial charge in [0, 0.05) is 11.1 Å². The van der Waals surface area contributed by atoms with Crippen LogP contribution in [0.5, 0.6) is 0 Å². The summed E-state index contributed by atoms with van der Waals surface area (Å²) in [5.74, 6) is 1.35. The van der Waals surface area contributed by atoms with Crippen LogP contribution in [0, 0.1) is 0 Å². The van der Waals surface area contributed by atoms with Gasteiger partial charge in [-0.15, -0.1) is 0 Å². The molecule has 0 aliphatic rings. The Hall–Kier alpha value is -4.89. The van der Waals surface area contributed by atoms with Crippen molar-refractivity contribution < 1.29 is 0 Å². The summed E-state index contributed by atoms with van der Waals surface area (Å²) in [6, 6.07) is 42.6. The summed E-state index contributed by atoms with van der Waals surface area (Å²) in [6.45, 7) is 0. The van der Waals surface area contributed by atoms with E-state index >= 15 is 0 Å². The Morgan fingerprint density at radius 1 is 0.333 bits per heavy atom. The molecule has 0 N–H and O–H groups in total. The third-order valence-corrected chi connectivity index (χ3v) is 6.80. The van der Waals surface area contributed by atoms with E-state index in [1.165, 1.54) is 37.9 Å². The molecule has 3 nitrogen and oxygen atoms in total. The predicted molar refractivity (Wildman–Crippen MR) is 149 cm³/mol. The SMILES string of the molecule is c1ccc(-c2ncnc(-c3cccc(-c4ccc5c6ccccc6c6ccccc6c5c4)c3)n2)cc1. The van der Waals surface area contributed by atoms with E-state index in [4.69, 9.17) is 4.98 Å². The lowest BCUT2D eigenvalue weighted by molar-refractivity contribution is 1.07. The van der Waals surface area contributed by atoms with Gasteiger partial charge in [-0.25, -0.2) is 15.0 Å². The zero-order chi connectivity index (χ0) is 23.9. The second-order valence-corrected chi connectivity index (χ2v) is 8.93. The van der Waals surface area contributed by atoms with Crippen LogP contribution in [0.15, 0.2) is 128 Å². The van der Waals surface area contributed by atoms with Crippen molar-refractivity contribution in [2.45, 2.75) is 0 Å². The van der Waals surface area contributed by atoms with Crippen molar-refractivity contribution >= 4 is 32.3 Å². The third-order valence-electron chi connectivity index (χ3n) is 6.80. The lowest BCUT2D eigenvalue weighted by Gasteiger charge is -2.12. The first-order valence-electron chi connectivity index (χ1n) is 12.0. The fourth-order valence-corrected chi connectivity index (χ4v) is 5.09. The molecule has 36 heavy (non-hydrogen) atoms. The molecule has 3 heteroatoms. The molecule has 0 unspecified atom stereocenters. The molecule has 0 radical (unpaired) electrons. The first-order valence-corrected chi connectivity index (χ1v) is 12.0. The fraction of sp³-hybridized carbons (Fsp3) is 0. The zero-order valence-corrected chi connectivity index (χ0v) is 19.5. The van der Waals surface area contributed by atoms with Gasteiger partial charge in [0.25, 0.3) is 0 Å². The molecule has 7 rings (SSSR count). The van der Waals surface area contributed by atoms with Gasteiger partial charge in [-0.1, -0.05) is 109 Å². The minimum Gasteiger partial charge on any atom is -0.217 e. The summed E-state index contributed by atoms with van der Waals surface area (Å²) in [6.07, 6.45) is 1.59. The normalized spacial score (nSPS) is 11.3. The van der Waals surface area contributed by atoms with E-state index < -0.39 is 0 Å². The first-order chi connectivity index (χ1) is 17.8. The Morgan fingerprint density at radius 2 is 0.833 bits per heavy atom. The van der Waals surface area contributed by atoms with Crippen molar-refractivity contribution in [2.75, 3.05) is 0 Å². The monoisotopic (exact) mass is 459 g/mol. The average molecular weight is 460 g/mol. The van der Waals surface area contributed by atoms with Gasteiger partial charge in [-0.05, 0) is 55.6 Å². The topological polar surface area (TPSA) is 38.7 Å². The van der Waals surface area contributed by atoms with E-state index in [-0.39, 0.29) is 0 Å². The Morgan fingerprint density at radius 3 is 1.53 bits per heavy atom. The lowest BCUT2D eigenvalue weighted by Crippen LogP contribution is -1.95. The molecule has 0 bridgehead atoms. The van der Waals surface area contributed by atoms with Crippen molar-refractivity contribution in [3.05, 3.63) is 128 Å². The molecule has 1 heterocycles. The van der Waals surface area contributed by atoms with E-state index in [1.54, 1.807) is 6.33 Å². The molecule has 7 aromatic rings. The molecule has 168 valence electrons. The summed E-state index contributed by atoms with van der Waals surface area (Å²) in [5.41, 5.74) is 4.25. The van der Waals surface area contributed by atoms with Gasteiger partial charge in [0.15, 0.2) is 11.6 Å². The van der Waals surface area contributed by atoms with Crippen LogP contribution in [0.3, 0.4) is 0 Å². The molecule has 0 spiro atoms. The molecular formula is C33H21N3. The predicted octanol–water partition coefficient (Wildman–Crippen LogP) is 8.33. The Bertz CT molecular complexity index is 1860. The molecule has 0 aliphatic carbocycles. The van der Waals surface area contributed by atoms with Crippen molar-refractivity contribution in [1.29, 1.82) is 0 Å². The molecule has 0 saturated heterocycles. The summed E-state index contributed by atoms with van der Waals surface area (Å²) in [7, 11) is 0. The number of rotatable bonds is 3. The number of benzene rings is 6. The average Bonchev–Trinajstić information content (AvgIpc) is 2.98. The van der Waals surface area contributed by atoms with Gasteiger partial charge in [0.1, 0.15) is 6.33 Å². The van der Waals surface area contributed by atoms with Crippen molar-refractivity contribution in [3.63, 3.8) is 0 Å². The highest BCUT2D eigenvalue weighted by Crippen LogP contribution is 2.37. The Kier molecular flexibility index (Phi) is 4.78. The minimum atomic E-state index is 0.669. The van der Waals surface area contributed by atoms with Crippen LogP contribution in [0.25, 0.3) is 66.2 Å². The van der Waals surface area contributed by atoms with Crippen LogP contribution in [0.1, 0.15) is 0 Å². The Balaban J connectivity index is 1.38. The number of hydrogen-bond acceptors (Lipinski definition) is 3. The van der Waals surface area contributed by atoms with Crippen molar-refractivity contribution in [2.24, 2.45) is 0 Å². The maximum Gasteiger partial charge on any atom is 0.163 e. The first kappa shape index (κ1) is 20.5. The van der Waals surface area contributed by atoms with Crippen LogP contribution in [-0.2, 0) is 0 Å². The molecule has 1 aromatic heterocycles. The van der Waals surface area contributed by atoms with Crippen LogP contribution in [0.4, 0.5) is 0 Å². The quantitative estimate of drug-likeness (QED) is 0.249. The third kappa shape index (κ3) is 3.41. The van der Waals surface area contributed by atoms with E-state index in [2.05, 4.69) is 101 Å². The standard InChI is InChI=1S/C33H21N3/c1-2-9-22(10-3-1)32-34-21-35-33(36-32)25-12-8-11-23(19-25)24-17-18-30-28-15-5-4-13-26(28)27-14-6-7-16-29(27)31(30)20-24/h1-21H. The highest BCUT2D eigenvalue weighted by Gasteiger charge is 2.11.